The van der Waals surface area contributed by atoms with Gasteiger partial charge < -0.3 is 0 Å². The zero-order valence-corrected chi connectivity index (χ0v) is 15.3. The Labute approximate surface area is 165 Å². The Bertz CT molecular complexity index is 816. The van der Waals surface area contributed by atoms with Crippen LogP contribution in [0.15, 0.2) is 142 Å². The summed E-state index contributed by atoms with van der Waals surface area (Å²) in [5.74, 6) is 0. The molecule has 4 heteroatoms. The monoisotopic (exact) mass is 364 g/mol. The van der Waals surface area contributed by atoms with Gasteiger partial charge >= 0.3 is 0 Å². The van der Waals surface area contributed by atoms with Crippen molar-refractivity contribution < 1.29 is 0 Å². The molecule has 0 saturated heterocycles. The fourth-order valence-electron chi connectivity index (χ4n) is 2.21. The third-order valence-corrected chi connectivity index (χ3v) is 3.59. The molecule has 0 bridgehead atoms. The molecule has 0 unspecified atom stereocenters. The highest BCUT2D eigenvalue weighted by atomic mass is 15.1. The molecule has 0 aromatic heterocycles. The molecule has 4 aromatic carbocycles. The molecular weight excluding hydrogens is 344 g/mol. The van der Waals surface area contributed by atoms with Crippen LogP contribution in [0.3, 0.4) is 0 Å². The van der Waals surface area contributed by atoms with Crippen LogP contribution in [0.5, 0.6) is 0 Å². The largest absolute Gasteiger partial charge is 0.151 e. The van der Waals surface area contributed by atoms with Gasteiger partial charge in [0.25, 0.3) is 0 Å². The van der Waals surface area contributed by atoms with E-state index in [2.05, 4.69) is 20.5 Å². The Morgan fingerprint density at radius 1 is 0.250 bits per heavy atom. The third kappa shape index (κ3) is 6.77. The first-order valence-electron chi connectivity index (χ1n) is 8.94. The first-order valence-corrected chi connectivity index (χ1v) is 8.94. The minimum Gasteiger partial charge on any atom is -0.151 e. The van der Waals surface area contributed by atoms with Crippen molar-refractivity contribution in [1.29, 1.82) is 0 Å². The van der Waals surface area contributed by atoms with Crippen LogP contribution in [-0.2, 0) is 0 Å². The smallest absolute Gasteiger partial charge is 0.0857 e. The lowest BCUT2D eigenvalue weighted by Gasteiger charge is -1.91. The standard InChI is InChI=1S/2C12H10N2/c2*1-3-7-11(8-4-1)13-14-12-9-5-2-6-10-12/h2*1-10H/b2*14-13+. The highest BCUT2D eigenvalue weighted by Crippen LogP contribution is 2.17. The van der Waals surface area contributed by atoms with Gasteiger partial charge in [-0.1, -0.05) is 72.8 Å². The summed E-state index contributed by atoms with van der Waals surface area (Å²) >= 11 is 0. The average molecular weight is 364 g/mol. The van der Waals surface area contributed by atoms with E-state index in [4.69, 9.17) is 0 Å². The summed E-state index contributed by atoms with van der Waals surface area (Å²) in [5.41, 5.74) is 3.49. The molecule has 0 aliphatic rings. The van der Waals surface area contributed by atoms with Crippen molar-refractivity contribution in [2.45, 2.75) is 0 Å². The topological polar surface area (TPSA) is 49.4 Å². The molecule has 0 N–H and O–H groups in total. The molecule has 136 valence electrons. The van der Waals surface area contributed by atoms with Crippen LogP contribution in [0, 0.1) is 0 Å². The molecule has 4 aromatic rings. The molecule has 28 heavy (non-hydrogen) atoms. The number of rotatable bonds is 4. The van der Waals surface area contributed by atoms with Crippen molar-refractivity contribution in [2.24, 2.45) is 20.5 Å². The van der Waals surface area contributed by atoms with Gasteiger partial charge in [-0.05, 0) is 48.5 Å². The second-order valence-electron chi connectivity index (χ2n) is 5.74. The Balaban J connectivity index is 0.000000161. The van der Waals surface area contributed by atoms with Crippen LogP contribution in [-0.4, -0.2) is 0 Å². The van der Waals surface area contributed by atoms with Crippen molar-refractivity contribution >= 4 is 22.7 Å². The van der Waals surface area contributed by atoms with Gasteiger partial charge in [0.2, 0.25) is 0 Å². The lowest BCUT2D eigenvalue weighted by Crippen LogP contribution is -1.62. The zero-order chi connectivity index (χ0) is 19.3. The number of hydrogen-bond acceptors (Lipinski definition) is 4. The van der Waals surface area contributed by atoms with Crippen molar-refractivity contribution in [3.63, 3.8) is 0 Å². The summed E-state index contributed by atoms with van der Waals surface area (Å²) in [6, 6.07) is 38.8. The van der Waals surface area contributed by atoms with Gasteiger partial charge in [-0.3, -0.25) is 0 Å². The van der Waals surface area contributed by atoms with E-state index in [9.17, 15) is 0 Å². The van der Waals surface area contributed by atoms with Crippen molar-refractivity contribution in [3.05, 3.63) is 121 Å². The normalized spacial score (nSPS) is 10.6. The predicted octanol–water partition coefficient (Wildman–Crippen LogP) is 8.20. The summed E-state index contributed by atoms with van der Waals surface area (Å²) in [4.78, 5) is 0. The maximum Gasteiger partial charge on any atom is 0.0857 e. The van der Waals surface area contributed by atoms with E-state index in [0.717, 1.165) is 22.7 Å². The van der Waals surface area contributed by atoms with Gasteiger partial charge in [0.15, 0.2) is 0 Å². The second-order valence-corrected chi connectivity index (χ2v) is 5.74. The predicted molar refractivity (Wildman–Crippen MR) is 114 cm³/mol. The molecule has 0 radical (unpaired) electrons. The van der Waals surface area contributed by atoms with Gasteiger partial charge in [0.1, 0.15) is 0 Å². The van der Waals surface area contributed by atoms with Gasteiger partial charge in [0, 0.05) is 0 Å². The molecule has 0 spiro atoms. The second kappa shape index (κ2) is 10.9. The Morgan fingerprint density at radius 3 is 0.607 bits per heavy atom. The third-order valence-electron chi connectivity index (χ3n) is 3.59. The summed E-state index contributed by atoms with van der Waals surface area (Å²) in [6.45, 7) is 0. The minimum absolute atomic E-state index is 0.872. The SMILES string of the molecule is c1ccc(/N=N/c2ccccc2)cc1.c1ccc(/N=N/c2ccccc2)cc1. The fourth-order valence-corrected chi connectivity index (χ4v) is 2.21. The van der Waals surface area contributed by atoms with E-state index in [0.29, 0.717) is 0 Å². The summed E-state index contributed by atoms with van der Waals surface area (Å²) < 4.78 is 0. The van der Waals surface area contributed by atoms with E-state index < -0.39 is 0 Å². The van der Waals surface area contributed by atoms with Gasteiger partial charge in [-0.2, -0.15) is 20.5 Å². The zero-order valence-electron chi connectivity index (χ0n) is 15.3. The van der Waals surface area contributed by atoms with Crippen LogP contribution >= 0.6 is 0 Å². The minimum atomic E-state index is 0.872. The number of nitrogens with zero attached hydrogens (tertiary/aromatic N) is 4. The quantitative estimate of drug-likeness (QED) is 0.328. The van der Waals surface area contributed by atoms with Crippen LogP contribution in [0.4, 0.5) is 22.7 Å². The Hall–Kier alpha value is -3.92. The molecule has 0 heterocycles. The number of benzene rings is 4. The summed E-state index contributed by atoms with van der Waals surface area (Å²) in [7, 11) is 0. The van der Waals surface area contributed by atoms with Crippen molar-refractivity contribution in [1.82, 2.24) is 0 Å². The van der Waals surface area contributed by atoms with Crippen LogP contribution in [0.1, 0.15) is 0 Å². The molecule has 0 fully saturated rings. The van der Waals surface area contributed by atoms with Crippen LogP contribution in [0.2, 0.25) is 0 Å². The Morgan fingerprint density at radius 2 is 0.429 bits per heavy atom. The first-order chi connectivity index (χ1) is 13.9. The maximum atomic E-state index is 4.10. The first kappa shape index (κ1) is 18.9. The van der Waals surface area contributed by atoms with Gasteiger partial charge in [0.05, 0.1) is 22.7 Å². The summed E-state index contributed by atoms with van der Waals surface area (Å²) in [6.07, 6.45) is 0. The van der Waals surface area contributed by atoms with Crippen molar-refractivity contribution in [2.75, 3.05) is 0 Å². The Kier molecular flexibility index (Phi) is 7.36. The molecule has 0 amide bonds. The van der Waals surface area contributed by atoms with Crippen molar-refractivity contribution in [3.8, 4) is 0 Å². The van der Waals surface area contributed by atoms with Gasteiger partial charge in [-0.25, -0.2) is 0 Å². The lowest BCUT2D eigenvalue weighted by molar-refractivity contribution is 1.23. The highest BCUT2D eigenvalue weighted by Gasteiger charge is 1.87. The average Bonchev–Trinajstić information content (AvgIpc) is 2.80. The summed E-state index contributed by atoms with van der Waals surface area (Å²) in [5, 5.41) is 16.4. The lowest BCUT2D eigenvalue weighted by atomic mass is 10.3. The molecule has 0 saturated carbocycles. The van der Waals surface area contributed by atoms with Gasteiger partial charge in [-0.15, -0.1) is 0 Å². The fraction of sp³-hybridized carbons (Fsp3) is 0. The molecule has 0 atom stereocenters. The van der Waals surface area contributed by atoms with E-state index in [1.165, 1.54) is 0 Å². The van der Waals surface area contributed by atoms with E-state index >= 15 is 0 Å². The van der Waals surface area contributed by atoms with E-state index in [1.807, 2.05) is 121 Å². The highest BCUT2D eigenvalue weighted by molar-refractivity contribution is 5.40. The maximum absolute atomic E-state index is 4.10. The number of hydrogen-bond donors (Lipinski definition) is 0. The van der Waals surface area contributed by atoms with E-state index in [-0.39, 0.29) is 0 Å². The molecule has 4 nitrogen and oxygen atoms in total. The van der Waals surface area contributed by atoms with Crippen LogP contribution in [0.25, 0.3) is 0 Å². The van der Waals surface area contributed by atoms with Crippen LogP contribution < -0.4 is 0 Å². The molecule has 0 aliphatic carbocycles. The molecule has 0 aliphatic heterocycles. The van der Waals surface area contributed by atoms with E-state index in [1.54, 1.807) is 0 Å². The number of azo groups is 2. The molecular formula is C24H20N4. The molecule has 4 rings (SSSR count).